The summed E-state index contributed by atoms with van der Waals surface area (Å²) in [7, 11) is 3.23. The summed E-state index contributed by atoms with van der Waals surface area (Å²) in [6, 6.07) is 14.5. The van der Waals surface area contributed by atoms with E-state index in [1.165, 1.54) is 5.56 Å². The molecule has 4 rings (SSSR count). The third kappa shape index (κ3) is 4.17. The van der Waals surface area contributed by atoms with Crippen molar-refractivity contribution in [2.24, 2.45) is 11.3 Å². The zero-order valence-corrected chi connectivity index (χ0v) is 18.6. The van der Waals surface area contributed by atoms with Gasteiger partial charge in [-0.15, -0.1) is 0 Å². The molecular formula is C24H31ClN2O3. The van der Waals surface area contributed by atoms with Crippen LogP contribution in [0.3, 0.4) is 0 Å². The number of piperidine rings is 1. The van der Waals surface area contributed by atoms with Crippen molar-refractivity contribution in [1.29, 1.82) is 0 Å². The normalized spacial score (nSPS) is 24.6. The molecule has 2 fully saturated rings. The molecule has 2 aromatic carbocycles. The summed E-state index contributed by atoms with van der Waals surface area (Å²) < 4.78 is 10.8. The van der Waals surface area contributed by atoms with Crippen LogP contribution in [-0.4, -0.2) is 61.9 Å². The predicted octanol–water partition coefficient (Wildman–Crippen LogP) is 3.67. The van der Waals surface area contributed by atoms with Gasteiger partial charge in [-0.2, -0.15) is 0 Å². The van der Waals surface area contributed by atoms with Crippen molar-refractivity contribution in [1.82, 2.24) is 9.80 Å². The number of likely N-dealkylation sites (tertiary alicyclic amines) is 2. The Labute approximate surface area is 184 Å². The van der Waals surface area contributed by atoms with E-state index in [-0.39, 0.29) is 12.0 Å². The summed E-state index contributed by atoms with van der Waals surface area (Å²) in [6.07, 6.45) is 1.00. The zero-order chi connectivity index (χ0) is 21.1. The Balaban J connectivity index is 1.45. The minimum absolute atomic E-state index is 0.00662. The second-order valence-electron chi connectivity index (χ2n) is 8.63. The number of nitrogens with zero attached hydrogens (tertiary/aromatic N) is 2. The lowest BCUT2D eigenvalue weighted by molar-refractivity contribution is 0.0159. The molecule has 0 spiro atoms. The Morgan fingerprint density at radius 3 is 2.50 bits per heavy atom. The molecule has 1 N–H and O–H groups in total. The van der Waals surface area contributed by atoms with Gasteiger partial charge < -0.3 is 14.6 Å². The molecule has 0 aliphatic carbocycles. The molecule has 0 amide bonds. The highest BCUT2D eigenvalue weighted by atomic mass is 35.5. The van der Waals surface area contributed by atoms with Crippen molar-refractivity contribution in [3.8, 4) is 11.5 Å². The average molecular weight is 431 g/mol. The highest BCUT2D eigenvalue weighted by Gasteiger charge is 2.48. The Hall–Kier alpha value is -1.79. The number of methoxy groups -OCH3 is 2. The maximum atomic E-state index is 10.3. The summed E-state index contributed by atoms with van der Waals surface area (Å²) in [5, 5.41) is 10.9. The minimum Gasteiger partial charge on any atom is -0.493 e. The van der Waals surface area contributed by atoms with Crippen LogP contribution >= 0.6 is 11.6 Å². The van der Waals surface area contributed by atoms with Crippen LogP contribution in [0.15, 0.2) is 42.5 Å². The second-order valence-corrected chi connectivity index (χ2v) is 9.01. The van der Waals surface area contributed by atoms with Crippen LogP contribution in [0.25, 0.3) is 0 Å². The summed E-state index contributed by atoms with van der Waals surface area (Å²) >= 11 is 6.61. The summed E-state index contributed by atoms with van der Waals surface area (Å²) in [4.78, 5) is 4.96. The average Bonchev–Trinajstić information content (AvgIpc) is 3.13. The molecule has 0 radical (unpaired) electrons. The number of hydrogen-bond donors (Lipinski definition) is 1. The van der Waals surface area contributed by atoms with Gasteiger partial charge in [-0.1, -0.05) is 48.0 Å². The first-order valence-corrected chi connectivity index (χ1v) is 10.9. The van der Waals surface area contributed by atoms with Crippen molar-refractivity contribution in [2.75, 3.05) is 47.0 Å². The number of halogens is 1. The Morgan fingerprint density at radius 2 is 1.80 bits per heavy atom. The number of hydrogen-bond acceptors (Lipinski definition) is 5. The molecule has 2 saturated heterocycles. The van der Waals surface area contributed by atoms with Crippen LogP contribution in [-0.2, 0) is 13.1 Å². The Kier molecular flexibility index (Phi) is 6.54. The van der Waals surface area contributed by atoms with Gasteiger partial charge in [0.1, 0.15) is 0 Å². The largest absolute Gasteiger partial charge is 0.493 e. The molecule has 5 nitrogen and oxygen atoms in total. The maximum Gasteiger partial charge on any atom is 0.179 e. The van der Waals surface area contributed by atoms with Gasteiger partial charge in [-0.3, -0.25) is 9.80 Å². The quantitative estimate of drug-likeness (QED) is 0.726. The van der Waals surface area contributed by atoms with Crippen LogP contribution in [0.4, 0.5) is 0 Å². The monoisotopic (exact) mass is 430 g/mol. The molecule has 30 heavy (non-hydrogen) atoms. The number of aliphatic hydroxyl groups is 1. The van der Waals surface area contributed by atoms with Gasteiger partial charge in [0.25, 0.3) is 0 Å². The molecular weight excluding hydrogens is 400 g/mol. The van der Waals surface area contributed by atoms with E-state index in [0.717, 1.165) is 51.3 Å². The lowest BCUT2D eigenvalue weighted by atomic mass is 9.73. The smallest absolute Gasteiger partial charge is 0.179 e. The van der Waals surface area contributed by atoms with Gasteiger partial charge in [0, 0.05) is 38.1 Å². The van der Waals surface area contributed by atoms with Gasteiger partial charge in [-0.05, 0) is 36.1 Å². The van der Waals surface area contributed by atoms with Gasteiger partial charge in [0.2, 0.25) is 0 Å². The van der Waals surface area contributed by atoms with E-state index in [1.54, 1.807) is 14.2 Å². The molecule has 0 unspecified atom stereocenters. The van der Waals surface area contributed by atoms with Crippen molar-refractivity contribution < 1.29 is 14.6 Å². The zero-order valence-electron chi connectivity index (χ0n) is 17.8. The standard InChI is InChI=1S/C24H31ClN2O3/c1-29-21-9-8-19(22(25)23(21)30-2)13-26-11-10-24(17-28)16-27(15-20(24)14-26)12-18-6-4-3-5-7-18/h3-9,20,28H,10-17H2,1-2H3/t20-,24+/m0/s1. The van der Waals surface area contributed by atoms with Crippen LogP contribution in [0.2, 0.25) is 5.02 Å². The predicted molar refractivity (Wildman–Crippen MR) is 119 cm³/mol. The van der Waals surface area contributed by atoms with E-state index < -0.39 is 0 Å². The van der Waals surface area contributed by atoms with E-state index in [4.69, 9.17) is 21.1 Å². The lowest BCUT2D eigenvalue weighted by Crippen LogP contribution is -2.48. The van der Waals surface area contributed by atoms with Gasteiger partial charge in [0.05, 0.1) is 25.8 Å². The fourth-order valence-electron chi connectivity index (χ4n) is 5.12. The Bertz CT molecular complexity index is 863. The van der Waals surface area contributed by atoms with E-state index in [9.17, 15) is 5.11 Å². The molecule has 2 aliphatic heterocycles. The van der Waals surface area contributed by atoms with E-state index >= 15 is 0 Å². The summed E-state index contributed by atoms with van der Waals surface area (Å²) in [5.74, 6) is 1.70. The first-order chi connectivity index (χ1) is 14.6. The molecule has 6 heteroatoms. The molecule has 162 valence electrons. The SMILES string of the molecule is COc1ccc(CN2CC[C@]3(CO)CN(Cc4ccccc4)C[C@@H]3C2)c(Cl)c1OC. The van der Waals surface area contributed by atoms with Crippen LogP contribution in [0.5, 0.6) is 11.5 Å². The van der Waals surface area contributed by atoms with Crippen molar-refractivity contribution in [2.45, 2.75) is 19.5 Å². The third-order valence-electron chi connectivity index (χ3n) is 6.81. The first kappa shape index (κ1) is 21.4. The molecule has 0 aromatic heterocycles. The number of rotatable bonds is 7. The molecule has 0 saturated carbocycles. The van der Waals surface area contributed by atoms with Crippen molar-refractivity contribution in [3.05, 3.63) is 58.6 Å². The van der Waals surface area contributed by atoms with Gasteiger partial charge >= 0.3 is 0 Å². The highest BCUT2D eigenvalue weighted by molar-refractivity contribution is 6.33. The highest BCUT2D eigenvalue weighted by Crippen LogP contribution is 2.44. The van der Waals surface area contributed by atoms with Gasteiger partial charge in [-0.25, -0.2) is 0 Å². The summed E-state index contributed by atoms with van der Waals surface area (Å²) in [6.45, 7) is 5.89. The first-order valence-electron chi connectivity index (χ1n) is 10.6. The fraction of sp³-hybridized carbons (Fsp3) is 0.500. The van der Waals surface area contributed by atoms with Crippen LogP contribution in [0, 0.1) is 11.3 Å². The number of aliphatic hydroxyl groups excluding tert-OH is 1. The molecule has 2 heterocycles. The Morgan fingerprint density at radius 1 is 1.03 bits per heavy atom. The number of ether oxygens (including phenoxy) is 2. The summed E-state index contributed by atoms with van der Waals surface area (Å²) in [5.41, 5.74) is 2.38. The molecule has 2 atom stereocenters. The maximum absolute atomic E-state index is 10.3. The van der Waals surface area contributed by atoms with E-state index in [0.29, 0.717) is 22.4 Å². The second kappa shape index (κ2) is 9.15. The minimum atomic E-state index is 0.00662. The van der Waals surface area contributed by atoms with Gasteiger partial charge in [0.15, 0.2) is 11.5 Å². The van der Waals surface area contributed by atoms with Crippen molar-refractivity contribution >= 4 is 11.6 Å². The third-order valence-corrected chi connectivity index (χ3v) is 7.22. The number of fused-ring (bicyclic) bond motifs is 1. The molecule has 2 aliphatic rings. The topological polar surface area (TPSA) is 45.2 Å². The lowest BCUT2D eigenvalue weighted by Gasteiger charge is -2.42. The molecule has 0 bridgehead atoms. The fourth-order valence-corrected chi connectivity index (χ4v) is 5.41. The van der Waals surface area contributed by atoms with Crippen molar-refractivity contribution in [3.63, 3.8) is 0 Å². The van der Waals surface area contributed by atoms with Crippen LogP contribution in [0.1, 0.15) is 17.5 Å². The van der Waals surface area contributed by atoms with Crippen LogP contribution < -0.4 is 9.47 Å². The van der Waals surface area contributed by atoms with E-state index in [2.05, 4.69) is 40.1 Å². The van der Waals surface area contributed by atoms with E-state index in [1.807, 2.05) is 12.1 Å². The number of benzene rings is 2. The molecule has 2 aromatic rings.